The van der Waals surface area contributed by atoms with Gasteiger partial charge in [-0.1, -0.05) is 0 Å². The third-order valence-corrected chi connectivity index (χ3v) is 3.03. The molecule has 110 valence electrons. The van der Waals surface area contributed by atoms with Gasteiger partial charge in [-0.3, -0.25) is 9.78 Å². The highest BCUT2D eigenvalue weighted by atomic mass is 16.5. The molecule has 1 aromatic heterocycles. The van der Waals surface area contributed by atoms with Gasteiger partial charge < -0.3 is 14.4 Å². The van der Waals surface area contributed by atoms with E-state index in [0.717, 1.165) is 11.5 Å². The number of amides is 1. The number of pyridine rings is 1. The normalized spacial score (nSPS) is 10.0. The Labute approximate surface area is 124 Å². The highest BCUT2D eigenvalue weighted by Gasteiger charge is 2.10. The number of methoxy groups -OCH3 is 1. The average molecular weight is 286 g/mol. The predicted molar refractivity (Wildman–Crippen MR) is 79.7 cm³/mol. The lowest BCUT2D eigenvalue weighted by Gasteiger charge is -2.17. The number of hydrogen-bond acceptors (Lipinski definition) is 4. The Kier molecular flexibility index (Phi) is 5.15. The van der Waals surface area contributed by atoms with Gasteiger partial charge >= 0.3 is 0 Å². The van der Waals surface area contributed by atoms with Crippen molar-refractivity contribution < 1.29 is 14.3 Å². The summed E-state index contributed by atoms with van der Waals surface area (Å²) in [4.78, 5) is 17.6. The van der Waals surface area contributed by atoms with Crippen molar-refractivity contribution in [1.82, 2.24) is 9.88 Å². The van der Waals surface area contributed by atoms with E-state index in [1.54, 1.807) is 43.6 Å². The summed E-state index contributed by atoms with van der Waals surface area (Å²) in [5, 5.41) is 0. The molecule has 0 aliphatic heterocycles. The minimum atomic E-state index is -0.0456. The number of benzene rings is 1. The minimum absolute atomic E-state index is 0.0456. The molecular weight excluding hydrogens is 268 g/mol. The third kappa shape index (κ3) is 4.21. The van der Waals surface area contributed by atoms with Gasteiger partial charge in [0.05, 0.1) is 13.7 Å². The van der Waals surface area contributed by atoms with Crippen LogP contribution >= 0.6 is 0 Å². The molecule has 2 rings (SSSR count). The zero-order valence-electron chi connectivity index (χ0n) is 12.2. The van der Waals surface area contributed by atoms with Crippen molar-refractivity contribution in [1.29, 1.82) is 0 Å². The van der Waals surface area contributed by atoms with Crippen LogP contribution in [-0.2, 0) is 0 Å². The van der Waals surface area contributed by atoms with Gasteiger partial charge in [-0.05, 0) is 36.4 Å². The first-order valence-corrected chi connectivity index (χ1v) is 6.63. The van der Waals surface area contributed by atoms with E-state index < -0.39 is 0 Å². The van der Waals surface area contributed by atoms with Crippen LogP contribution in [0.2, 0.25) is 0 Å². The summed E-state index contributed by atoms with van der Waals surface area (Å²) in [7, 11) is 3.37. The van der Waals surface area contributed by atoms with Crippen LogP contribution in [0.4, 0.5) is 0 Å². The lowest BCUT2D eigenvalue weighted by atomic mass is 10.2. The van der Waals surface area contributed by atoms with Crippen molar-refractivity contribution in [2.75, 3.05) is 27.3 Å². The molecule has 1 aromatic carbocycles. The molecule has 0 saturated heterocycles. The highest BCUT2D eigenvalue weighted by molar-refractivity contribution is 5.93. The van der Waals surface area contributed by atoms with Crippen LogP contribution in [0.15, 0.2) is 48.8 Å². The van der Waals surface area contributed by atoms with Gasteiger partial charge in [-0.15, -0.1) is 0 Å². The van der Waals surface area contributed by atoms with Crippen LogP contribution in [0.1, 0.15) is 10.4 Å². The molecule has 0 unspecified atom stereocenters. The van der Waals surface area contributed by atoms with Gasteiger partial charge in [0.15, 0.2) is 0 Å². The summed E-state index contributed by atoms with van der Waals surface area (Å²) in [6.07, 6.45) is 3.21. The van der Waals surface area contributed by atoms with E-state index in [-0.39, 0.29) is 5.91 Å². The Morgan fingerprint density at radius 3 is 2.33 bits per heavy atom. The van der Waals surface area contributed by atoms with E-state index in [9.17, 15) is 4.79 Å². The second kappa shape index (κ2) is 7.28. The Hall–Kier alpha value is -2.56. The number of rotatable bonds is 6. The summed E-state index contributed by atoms with van der Waals surface area (Å²) in [6.45, 7) is 0.937. The number of carbonyl (C=O) groups excluding carboxylic acids is 1. The Morgan fingerprint density at radius 1 is 1.10 bits per heavy atom. The number of ether oxygens (including phenoxy) is 2. The average Bonchev–Trinajstić information content (AvgIpc) is 2.55. The van der Waals surface area contributed by atoms with Gasteiger partial charge in [0.25, 0.3) is 5.91 Å². The van der Waals surface area contributed by atoms with E-state index in [0.29, 0.717) is 18.7 Å². The van der Waals surface area contributed by atoms with Crippen LogP contribution in [0, 0.1) is 0 Å². The Morgan fingerprint density at radius 2 is 1.71 bits per heavy atom. The molecule has 21 heavy (non-hydrogen) atoms. The van der Waals surface area contributed by atoms with Crippen molar-refractivity contribution >= 4 is 5.91 Å². The number of hydrogen-bond donors (Lipinski definition) is 0. The topological polar surface area (TPSA) is 51.7 Å². The van der Waals surface area contributed by atoms with Crippen molar-refractivity contribution in [3.05, 3.63) is 54.4 Å². The van der Waals surface area contributed by atoms with E-state index in [1.807, 2.05) is 24.3 Å². The third-order valence-electron chi connectivity index (χ3n) is 3.03. The number of likely N-dealkylation sites (N-methyl/N-ethyl adjacent to an activating group) is 1. The van der Waals surface area contributed by atoms with Crippen LogP contribution in [-0.4, -0.2) is 43.1 Å². The standard InChI is InChI=1S/C16H18N2O3/c1-18(16(19)13-7-9-17-10-8-13)11-12-21-15-5-3-14(20-2)4-6-15/h3-10H,11-12H2,1-2H3. The largest absolute Gasteiger partial charge is 0.497 e. The number of carbonyl (C=O) groups is 1. The van der Waals surface area contributed by atoms with Gasteiger partial charge in [0.1, 0.15) is 18.1 Å². The van der Waals surface area contributed by atoms with E-state index in [1.165, 1.54) is 0 Å². The molecule has 5 nitrogen and oxygen atoms in total. The lowest BCUT2D eigenvalue weighted by Crippen LogP contribution is -2.30. The molecule has 0 spiro atoms. The zero-order chi connectivity index (χ0) is 15.1. The quantitative estimate of drug-likeness (QED) is 0.817. The summed E-state index contributed by atoms with van der Waals surface area (Å²) in [5.41, 5.74) is 0.622. The van der Waals surface area contributed by atoms with Crippen molar-refractivity contribution in [2.45, 2.75) is 0 Å². The molecular formula is C16H18N2O3. The van der Waals surface area contributed by atoms with Crippen molar-refractivity contribution in [3.8, 4) is 11.5 Å². The second-order valence-electron chi connectivity index (χ2n) is 4.49. The monoisotopic (exact) mass is 286 g/mol. The van der Waals surface area contributed by atoms with Crippen LogP contribution in [0.3, 0.4) is 0 Å². The first kappa shape index (κ1) is 14.8. The van der Waals surface area contributed by atoms with Gasteiger partial charge in [0, 0.05) is 25.0 Å². The molecule has 0 N–H and O–H groups in total. The maximum absolute atomic E-state index is 12.1. The second-order valence-corrected chi connectivity index (χ2v) is 4.49. The molecule has 0 aliphatic rings. The SMILES string of the molecule is COc1ccc(OCCN(C)C(=O)c2ccncc2)cc1. The van der Waals surface area contributed by atoms with Crippen molar-refractivity contribution in [2.24, 2.45) is 0 Å². The molecule has 0 saturated carbocycles. The van der Waals surface area contributed by atoms with Crippen LogP contribution < -0.4 is 9.47 Å². The summed E-state index contributed by atoms with van der Waals surface area (Å²) in [6, 6.07) is 10.7. The molecule has 2 aromatic rings. The molecule has 1 heterocycles. The van der Waals surface area contributed by atoms with Gasteiger partial charge in [0.2, 0.25) is 0 Å². The Bertz CT molecular complexity index is 570. The highest BCUT2D eigenvalue weighted by Crippen LogP contribution is 2.16. The van der Waals surface area contributed by atoms with Gasteiger partial charge in [-0.2, -0.15) is 0 Å². The number of aromatic nitrogens is 1. The maximum Gasteiger partial charge on any atom is 0.253 e. The summed E-state index contributed by atoms with van der Waals surface area (Å²) < 4.78 is 10.7. The van der Waals surface area contributed by atoms with E-state index in [4.69, 9.17) is 9.47 Å². The van der Waals surface area contributed by atoms with Crippen LogP contribution in [0.5, 0.6) is 11.5 Å². The predicted octanol–water partition coefficient (Wildman–Crippen LogP) is 2.24. The molecule has 0 aliphatic carbocycles. The first-order chi connectivity index (χ1) is 10.2. The lowest BCUT2D eigenvalue weighted by molar-refractivity contribution is 0.0773. The summed E-state index contributed by atoms with van der Waals surface area (Å²) in [5.74, 6) is 1.49. The fourth-order valence-electron chi connectivity index (χ4n) is 1.79. The molecule has 0 radical (unpaired) electrons. The van der Waals surface area contributed by atoms with E-state index in [2.05, 4.69) is 4.98 Å². The smallest absolute Gasteiger partial charge is 0.253 e. The van der Waals surface area contributed by atoms with Crippen LogP contribution in [0.25, 0.3) is 0 Å². The minimum Gasteiger partial charge on any atom is -0.497 e. The molecule has 0 fully saturated rings. The maximum atomic E-state index is 12.1. The molecule has 5 heteroatoms. The Balaban J connectivity index is 1.81. The zero-order valence-corrected chi connectivity index (χ0v) is 12.2. The molecule has 1 amide bonds. The van der Waals surface area contributed by atoms with Crippen molar-refractivity contribution in [3.63, 3.8) is 0 Å². The van der Waals surface area contributed by atoms with E-state index >= 15 is 0 Å². The first-order valence-electron chi connectivity index (χ1n) is 6.63. The molecule has 0 bridgehead atoms. The molecule has 0 atom stereocenters. The summed E-state index contributed by atoms with van der Waals surface area (Å²) >= 11 is 0. The van der Waals surface area contributed by atoms with Gasteiger partial charge in [-0.25, -0.2) is 0 Å². The number of nitrogens with zero attached hydrogens (tertiary/aromatic N) is 2. The fourth-order valence-corrected chi connectivity index (χ4v) is 1.79. The fraction of sp³-hybridized carbons (Fsp3) is 0.250.